The minimum Gasteiger partial charge on any atom is -0.405 e. The second-order valence-electron chi connectivity index (χ2n) is 5.90. The van der Waals surface area contributed by atoms with E-state index in [-0.39, 0.29) is 47.7 Å². The number of ether oxygens (including phenoxy) is 1. The summed E-state index contributed by atoms with van der Waals surface area (Å²) in [5.74, 6) is 0.0412. The van der Waals surface area contributed by atoms with E-state index < -0.39 is 16.4 Å². The van der Waals surface area contributed by atoms with Crippen molar-refractivity contribution in [1.29, 1.82) is 0 Å². The standard InChI is InChI=1S/C18H21F3N4O3S.HI/c1-2-23-17(24-11-13-6-5-8-15(10-13)29(22,26)27)25-12-14-7-3-4-9-16(14)28-18(19,20)21;/h3-10H,2,11-12H2,1H3,(H2,22,26,27)(H2,23,24,25);1H. The number of hydrogen-bond donors (Lipinski definition) is 3. The topological polar surface area (TPSA) is 106 Å². The zero-order valence-electron chi connectivity index (χ0n) is 15.9. The maximum absolute atomic E-state index is 12.5. The van der Waals surface area contributed by atoms with Crippen LogP contribution in [0.2, 0.25) is 0 Å². The van der Waals surface area contributed by atoms with Crippen LogP contribution in [0, 0.1) is 0 Å². The summed E-state index contributed by atoms with van der Waals surface area (Å²) >= 11 is 0. The van der Waals surface area contributed by atoms with Crippen LogP contribution >= 0.6 is 24.0 Å². The van der Waals surface area contributed by atoms with E-state index in [1.54, 1.807) is 18.2 Å². The van der Waals surface area contributed by atoms with Crippen molar-refractivity contribution in [3.63, 3.8) is 0 Å². The second kappa shape index (κ2) is 11.4. The molecule has 4 N–H and O–H groups in total. The molecule has 0 atom stereocenters. The van der Waals surface area contributed by atoms with Crippen molar-refractivity contribution in [3.05, 3.63) is 59.7 Å². The Bertz CT molecular complexity index is 969. The number of aliphatic imine (C=N–C) groups is 1. The minimum atomic E-state index is -4.79. The van der Waals surface area contributed by atoms with Gasteiger partial charge in [0.15, 0.2) is 5.96 Å². The number of halogens is 4. The van der Waals surface area contributed by atoms with Gasteiger partial charge in [0.1, 0.15) is 5.75 Å². The Kier molecular flexibility index (Phi) is 9.84. The molecule has 12 heteroatoms. The quantitative estimate of drug-likeness (QED) is 0.275. The molecule has 30 heavy (non-hydrogen) atoms. The molecule has 0 aliphatic carbocycles. The predicted octanol–water partition coefficient (Wildman–Crippen LogP) is 3.11. The van der Waals surface area contributed by atoms with E-state index >= 15 is 0 Å². The van der Waals surface area contributed by atoms with Gasteiger partial charge in [-0.2, -0.15) is 0 Å². The van der Waals surface area contributed by atoms with Crippen molar-refractivity contribution < 1.29 is 26.3 Å². The zero-order valence-corrected chi connectivity index (χ0v) is 19.1. The smallest absolute Gasteiger partial charge is 0.405 e. The number of nitrogens with zero attached hydrogens (tertiary/aromatic N) is 1. The molecule has 0 amide bonds. The normalized spacial score (nSPS) is 12.1. The van der Waals surface area contributed by atoms with E-state index in [0.29, 0.717) is 23.6 Å². The van der Waals surface area contributed by atoms with Gasteiger partial charge in [-0.25, -0.2) is 18.5 Å². The fourth-order valence-corrected chi connectivity index (χ4v) is 2.97. The third-order valence-corrected chi connectivity index (χ3v) is 4.55. The highest BCUT2D eigenvalue weighted by atomic mass is 127. The van der Waals surface area contributed by atoms with Gasteiger partial charge in [0.25, 0.3) is 0 Å². The zero-order chi connectivity index (χ0) is 21.5. The van der Waals surface area contributed by atoms with Crippen molar-refractivity contribution in [2.24, 2.45) is 10.1 Å². The minimum absolute atomic E-state index is 0. The molecule has 0 unspecified atom stereocenters. The van der Waals surface area contributed by atoms with Crippen molar-refractivity contribution in [1.82, 2.24) is 10.6 Å². The SMILES string of the molecule is CCNC(=NCc1cccc(S(N)(=O)=O)c1)NCc1ccccc1OC(F)(F)F.I. The lowest BCUT2D eigenvalue weighted by Gasteiger charge is -2.15. The number of alkyl halides is 3. The lowest BCUT2D eigenvalue weighted by atomic mass is 10.2. The average Bonchev–Trinajstić information content (AvgIpc) is 2.63. The molecule has 7 nitrogen and oxygen atoms in total. The number of nitrogens with one attached hydrogen (secondary N) is 2. The summed E-state index contributed by atoms with van der Waals surface area (Å²) in [5, 5.41) is 11.0. The molecule has 2 rings (SSSR count). The number of rotatable bonds is 7. The highest BCUT2D eigenvalue weighted by Gasteiger charge is 2.31. The van der Waals surface area contributed by atoms with Gasteiger partial charge in [-0.15, -0.1) is 37.1 Å². The number of nitrogens with two attached hydrogens (primary N) is 1. The van der Waals surface area contributed by atoms with E-state index in [2.05, 4.69) is 20.4 Å². The van der Waals surface area contributed by atoms with Gasteiger partial charge in [-0.1, -0.05) is 30.3 Å². The van der Waals surface area contributed by atoms with Crippen molar-refractivity contribution in [2.45, 2.75) is 31.3 Å². The molecule has 2 aromatic carbocycles. The van der Waals surface area contributed by atoms with Gasteiger partial charge in [-0.3, -0.25) is 0 Å². The summed E-state index contributed by atoms with van der Waals surface area (Å²) < 4.78 is 64.5. The van der Waals surface area contributed by atoms with E-state index in [1.807, 2.05) is 6.92 Å². The van der Waals surface area contributed by atoms with Gasteiger partial charge in [-0.05, 0) is 30.7 Å². The summed E-state index contributed by atoms with van der Waals surface area (Å²) in [6, 6.07) is 11.8. The average molecular weight is 558 g/mol. The van der Waals surface area contributed by atoms with Crippen LogP contribution in [0.3, 0.4) is 0 Å². The molecule has 0 saturated carbocycles. The molecule has 0 radical (unpaired) electrons. The van der Waals surface area contributed by atoms with Crippen molar-refractivity contribution >= 4 is 40.0 Å². The summed E-state index contributed by atoms with van der Waals surface area (Å²) in [4.78, 5) is 4.30. The van der Waals surface area contributed by atoms with E-state index in [4.69, 9.17) is 5.14 Å². The maximum Gasteiger partial charge on any atom is 0.573 e. The number of guanidine groups is 1. The van der Waals surface area contributed by atoms with Gasteiger partial charge in [0, 0.05) is 18.7 Å². The lowest BCUT2D eigenvalue weighted by molar-refractivity contribution is -0.274. The number of primary sulfonamides is 1. The Morgan fingerprint density at radius 3 is 2.47 bits per heavy atom. The van der Waals surface area contributed by atoms with Crippen LogP contribution in [0.1, 0.15) is 18.1 Å². The molecule has 2 aromatic rings. The fraction of sp³-hybridized carbons (Fsp3) is 0.278. The van der Waals surface area contributed by atoms with Gasteiger partial charge in [0.2, 0.25) is 10.0 Å². The third kappa shape index (κ3) is 8.75. The summed E-state index contributed by atoms with van der Waals surface area (Å²) in [5.41, 5.74) is 0.904. The molecule has 0 spiro atoms. The van der Waals surface area contributed by atoms with Crippen LogP contribution in [0.15, 0.2) is 58.4 Å². The van der Waals surface area contributed by atoms with E-state index in [0.717, 1.165) is 0 Å². The van der Waals surface area contributed by atoms with Crippen LogP contribution in [0.5, 0.6) is 5.75 Å². The van der Waals surface area contributed by atoms with Crippen molar-refractivity contribution in [2.75, 3.05) is 6.54 Å². The molecule has 0 aliphatic rings. The predicted molar refractivity (Wildman–Crippen MR) is 118 cm³/mol. The highest BCUT2D eigenvalue weighted by Crippen LogP contribution is 2.26. The summed E-state index contributed by atoms with van der Waals surface area (Å²) in [6.07, 6.45) is -4.79. The van der Waals surface area contributed by atoms with Crippen molar-refractivity contribution in [3.8, 4) is 5.75 Å². The molecule has 0 aliphatic heterocycles. The molecule has 0 heterocycles. The Balaban J connectivity index is 0.00000450. The first-order chi connectivity index (χ1) is 13.6. The largest absolute Gasteiger partial charge is 0.573 e. The van der Waals surface area contributed by atoms with Crippen LogP contribution in [0.25, 0.3) is 0 Å². The Morgan fingerprint density at radius 2 is 1.83 bits per heavy atom. The lowest BCUT2D eigenvalue weighted by Crippen LogP contribution is -2.37. The number of benzene rings is 2. The van der Waals surface area contributed by atoms with Crippen LogP contribution in [-0.4, -0.2) is 27.3 Å². The van der Waals surface area contributed by atoms with E-state index in [1.165, 1.54) is 30.3 Å². The monoisotopic (exact) mass is 558 g/mol. The van der Waals surface area contributed by atoms with E-state index in [9.17, 15) is 21.6 Å². The molecule has 0 fully saturated rings. The first kappa shape index (κ1) is 26.0. The van der Waals surface area contributed by atoms with Gasteiger partial charge < -0.3 is 15.4 Å². The second-order valence-corrected chi connectivity index (χ2v) is 7.46. The summed E-state index contributed by atoms with van der Waals surface area (Å²) in [7, 11) is -3.83. The number of hydrogen-bond acceptors (Lipinski definition) is 4. The first-order valence-electron chi connectivity index (χ1n) is 8.56. The molecule has 166 valence electrons. The molecular weight excluding hydrogens is 536 g/mol. The number of sulfonamides is 1. The molecular formula is C18H22F3IN4O3S. The van der Waals surface area contributed by atoms with Crippen LogP contribution < -0.4 is 20.5 Å². The van der Waals surface area contributed by atoms with Crippen LogP contribution in [-0.2, 0) is 23.1 Å². The molecule has 0 aromatic heterocycles. The number of para-hydroxylation sites is 1. The highest BCUT2D eigenvalue weighted by molar-refractivity contribution is 14.0. The first-order valence-corrected chi connectivity index (χ1v) is 10.1. The third-order valence-electron chi connectivity index (χ3n) is 3.64. The Morgan fingerprint density at radius 1 is 1.13 bits per heavy atom. The summed E-state index contributed by atoms with van der Waals surface area (Å²) in [6.45, 7) is 2.53. The molecule has 0 bridgehead atoms. The fourth-order valence-electron chi connectivity index (χ4n) is 2.39. The Hall–Kier alpha value is -2.06. The molecule has 0 saturated heterocycles. The maximum atomic E-state index is 12.5. The van der Waals surface area contributed by atoms with Gasteiger partial charge in [0.05, 0.1) is 11.4 Å². The van der Waals surface area contributed by atoms with Crippen LogP contribution in [0.4, 0.5) is 13.2 Å². The Labute approximate surface area is 190 Å². The van der Waals surface area contributed by atoms with Gasteiger partial charge >= 0.3 is 6.36 Å².